The van der Waals surface area contributed by atoms with Crippen LogP contribution in [0.4, 0.5) is 0 Å². The van der Waals surface area contributed by atoms with Crippen molar-refractivity contribution in [1.82, 2.24) is 4.98 Å². The van der Waals surface area contributed by atoms with Gasteiger partial charge in [-0.05, 0) is 24.1 Å². The van der Waals surface area contributed by atoms with Crippen molar-refractivity contribution in [3.05, 3.63) is 45.4 Å². The van der Waals surface area contributed by atoms with E-state index in [1.807, 2.05) is 11.4 Å². The molecule has 0 bridgehead atoms. The van der Waals surface area contributed by atoms with Gasteiger partial charge in [0.15, 0.2) is 0 Å². The maximum absolute atomic E-state index is 9.35. The molecule has 1 unspecified atom stereocenters. The average molecular weight is 269 g/mol. The van der Waals surface area contributed by atoms with E-state index in [0.717, 1.165) is 17.0 Å². The van der Waals surface area contributed by atoms with Gasteiger partial charge in [0.1, 0.15) is 5.75 Å². The molecule has 1 aromatic heterocycles. The van der Waals surface area contributed by atoms with Gasteiger partial charge in [0, 0.05) is 24.0 Å². The van der Waals surface area contributed by atoms with Crippen molar-refractivity contribution in [2.24, 2.45) is 5.73 Å². The first kappa shape index (κ1) is 12.4. The first-order valence-electron chi connectivity index (χ1n) is 5.27. The predicted octanol–water partition coefficient (Wildman–Crippen LogP) is 2.79. The fraction of sp³-hybridized carbons (Fsp3) is 0.250. The highest BCUT2D eigenvalue weighted by molar-refractivity contribution is 7.09. The molecule has 0 radical (unpaired) electrons. The third-order valence-electron chi connectivity index (χ3n) is 2.58. The van der Waals surface area contributed by atoms with Crippen LogP contribution >= 0.6 is 22.9 Å². The smallest absolute Gasteiger partial charge is 0.134 e. The summed E-state index contributed by atoms with van der Waals surface area (Å²) >= 11 is 7.48. The van der Waals surface area contributed by atoms with Crippen molar-refractivity contribution in [2.75, 3.05) is 6.54 Å². The van der Waals surface area contributed by atoms with Crippen LogP contribution in [0.3, 0.4) is 0 Å². The van der Waals surface area contributed by atoms with Gasteiger partial charge in [0.2, 0.25) is 0 Å². The number of phenolic OH excluding ortho intramolecular Hbond substituents is 1. The Bertz CT molecular complexity index is 487. The Labute approximate surface area is 109 Å². The molecule has 0 aliphatic carbocycles. The van der Waals surface area contributed by atoms with Crippen molar-refractivity contribution in [1.29, 1.82) is 0 Å². The van der Waals surface area contributed by atoms with Crippen LogP contribution < -0.4 is 5.73 Å². The molecule has 0 aliphatic rings. The number of hydrogen-bond acceptors (Lipinski definition) is 4. The minimum Gasteiger partial charge on any atom is -0.506 e. The summed E-state index contributed by atoms with van der Waals surface area (Å²) in [5.74, 6) is 0.310. The number of phenols is 1. The van der Waals surface area contributed by atoms with Gasteiger partial charge < -0.3 is 10.8 Å². The standard InChI is InChI=1S/C12H13ClN2OS/c13-10-6-8(1-2-11(10)16)5-9(7-14)12-15-3-4-17-12/h1-4,6,9,16H,5,7,14H2. The normalized spacial score (nSPS) is 12.6. The van der Waals surface area contributed by atoms with Crippen LogP contribution in [-0.4, -0.2) is 16.6 Å². The lowest BCUT2D eigenvalue weighted by molar-refractivity contribution is 0.475. The van der Waals surface area contributed by atoms with E-state index in [0.29, 0.717) is 11.6 Å². The zero-order valence-corrected chi connectivity index (χ0v) is 10.7. The van der Waals surface area contributed by atoms with Crippen LogP contribution in [0, 0.1) is 0 Å². The minimum atomic E-state index is 0.106. The third kappa shape index (κ3) is 2.97. The largest absolute Gasteiger partial charge is 0.506 e. The molecule has 17 heavy (non-hydrogen) atoms. The topological polar surface area (TPSA) is 59.1 Å². The molecule has 0 saturated heterocycles. The van der Waals surface area contributed by atoms with Gasteiger partial charge in [0.25, 0.3) is 0 Å². The van der Waals surface area contributed by atoms with Gasteiger partial charge >= 0.3 is 0 Å². The van der Waals surface area contributed by atoms with E-state index in [1.54, 1.807) is 29.7 Å². The zero-order chi connectivity index (χ0) is 12.3. The first-order valence-corrected chi connectivity index (χ1v) is 6.53. The van der Waals surface area contributed by atoms with E-state index in [1.165, 1.54) is 0 Å². The molecule has 5 heteroatoms. The summed E-state index contributed by atoms with van der Waals surface area (Å²) in [4.78, 5) is 4.28. The van der Waals surface area contributed by atoms with Crippen LogP contribution in [0.25, 0.3) is 0 Å². The van der Waals surface area contributed by atoms with Crippen LogP contribution in [0.5, 0.6) is 5.75 Å². The summed E-state index contributed by atoms with van der Waals surface area (Å²) in [5.41, 5.74) is 6.82. The molecule has 2 aromatic rings. The van der Waals surface area contributed by atoms with E-state index in [2.05, 4.69) is 4.98 Å². The van der Waals surface area contributed by atoms with E-state index in [-0.39, 0.29) is 11.7 Å². The van der Waals surface area contributed by atoms with Crippen LogP contribution in [0.2, 0.25) is 5.02 Å². The summed E-state index contributed by atoms with van der Waals surface area (Å²) in [7, 11) is 0. The Morgan fingerprint density at radius 2 is 2.29 bits per heavy atom. The van der Waals surface area contributed by atoms with E-state index in [4.69, 9.17) is 17.3 Å². The molecule has 0 aliphatic heterocycles. The maximum atomic E-state index is 9.35. The SMILES string of the molecule is NCC(Cc1ccc(O)c(Cl)c1)c1nccs1. The number of aromatic hydroxyl groups is 1. The molecular formula is C12H13ClN2OS. The summed E-state index contributed by atoms with van der Waals surface area (Å²) in [6.07, 6.45) is 2.57. The number of hydrogen-bond donors (Lipinski definition) is 2. The number of aromatic nitrogens is 1. The third-order valence-corrected chi connectivity index (χ3v) is 3.82. The van der Waals surface area contributed by atoms with Crippen molar-refractivity contribution in [2.45, 2.75) is 12.3 Å². The average Bonchev–Trinajstić information content (AvgIpc) is 2.84. The number of thiazole rings is 1. The summed E-state index contributed by atoms with van der Waals surface area (Å²) < 4.78 is 0. The number of rotatable bonds is 4. The number of halogens is 1. The summed E-state index contributed by atoms with van der Waals surface area (Å²) in [6.45, 7) is 0.548. The molecule has 0 fully saturated rings. The van der Waals surface area contributed by atoms with Gasteiger partial charge in [-0.1, -0.05) is 17.7 Å². The van der Waals surface area contributed by atoms with Gasteiger partial charge in [-0.25, -0.2) is 4.98 Å². The predicted molar refractivity (Wildman–Crippen MR) is 70.7 cm³/mol. The van der Waals surface area contributed by atoms with Crippen LogP contribution in [-0.2, 0) is 6.42 Å². The Morgan fingerprint density at radius 3 is 2.88 bits per heavy atom. The quantitative estimate of drug-likeness (QED) is 0.896. The van der Waals surface area contributed by atoms with Gasteiger partial charge in [-0.2, -0.15) is 0 Å². The molecule has 2 rings (SSSR count). The number of benzene rings is 1. The Hall–Kier alpha value is -1.10. The molecule has 1 heterocycles. The second-order valence-electron chi connectivity index (χ2n) is 3.79. The highest BCUT2D eigenvalue weighted by atomic mass is 35.5. The minimum absolute atomic E-state index is 0.106. The lowest BCUT2D eigenvalue weighted by Gasteiger charge is -2.12. The zero-order valence-electron chi connectivity index (χ0n) is 9.14. The molecule has 0 amide bonds. The Balaban J connectivity index is 2.16. The maximum Gasteiger partial charge on any atom is 0.134 e. The molecular weight excluding hydrogens is 256 g/mol. The molecule has 90 valence electrons. The molecule has 1 atom stereocenters. The summed E-state index contributed by atoms with van der Waals surface area (Å²) in [6, 6.07) is 5.23. The molecule has 0 spiro atoms. The van der Waals surface area contributed by atoms with Crippen LogP contribution in [0.1, 0.15) is 16.5 Å². The second-order valence-corrected chi connectivity index (χ2v) is 5.13. The molecule has 3 N–H and O–H groups in total. The Kier molecular flexibility index (Phi) is 3.99. The lowest BCUT2D eigenvalue weighted by atomic mass is 10.00. The van der Waals surface area contributed by atoms with Crippen molar-refractivity contribution in [3.8, 4) is 5.75 Å². The second kappa shape index (κ2) is 5.49. The van der Waals surface area contributed by atoms with Gasteiger partial charge in [-0.3, -0.25) is 0 Å². The highest BCUT2D eigenvalue weighted by Gasteiger charge is 2.13. The van der Waals surface area contributed by atoms with Crippen molar-refractivity contribution >= 4 is 22.9 Å². The van der Waals surface area contributed by atoms with E-state index >= 15 is 0 Å². The monoisotopic (exact) mass is 268 g/mol. The van der Waals surface area contributed by atoms with Crippen molar-refractivity contribution < 1.29 is 5.11 Å². The molecule has 3 nitrogen and oxygen atoms in total. The van der Waals surface area contributed by atoms with E-state index in [9.17, 15) is 5.11 Å². The fourth-order valence-corrected chi connectivity index (χ4v) is 2.63. The number of nitrogens with zero attached hydrogens (tertiary/aromatic N) is 1. The fourth-order valence-electron chi connectivity index (χ4n) is 1.67. The van der Waals surface area contributed by atoms with Gasteiger partial charge in [0.05, 0.1) is 10.0 Å². The first-order chi connectivity index (χ1) is 8.20. The lowest BCUT2D eigenvalue weighted by Crippen LogP contribution is -2.14. The van der Waals surface area contributed by atoms with Crippen molar-refractivity contribution in [3.63, 3.8) is 0 Å². The van der Waals surface area contributed by atoms with Crippen LogP contribution in [0.15, 0.2) is 29.8 Å². The van der Waals surface area contributed by atoms with Gasteiger partial charge in [-0.15, -0.1) is 11.3 Å². The summed E-state index contributed by atoms with van der Waals surface area (Å²) in [5, 5.41) is 12.7. The molecule has 1 aromatic carbocycles. The van der Waals surface area contributed by atoms with E-state index < -0.39 is 0 Å². The molecule has 0 saturated carbocycles. The Morgan fingerprint density at radius 1 is 1.47 bits per heavy atom. The number of nitrogens with two attached hydrogens (primary N) is 1. The highest BCUT2D eigenvalue weighted by Crippen LogP contribution is 2.27.